The van der Waals surface area contributed by atoms with Gasteiger partial charge in [0.25, 0.3) is 5.91 Å². The molecule has 1 saturated heterocycles. The van der Waals surface area contributed by atoms with Crippen molar-refractivity contribution in [3.05, 3.63) is 24.3 Å². The van der Waals surface area contributed by atoms with Crippen molar-refractivity contribution in [2.45, 2.75) is 19.3 Å². The number of hydrogen-bond donors (Lipinski definition) is 1. The van der Waals surface area contributed by atoms with E-state index in [-0.39, 0.29) is 5.91 Å². The highest BCUT2D eigenvalue weighted by molar-refractivity contribution is 7.82. The second-order valence-corrected chi connectivity index (χ2v) is 4.93. The summed E-state index contributed by atoms with van der Waals surface area (Å²) < 4.78 is 5.12. The summed E-state index contributed by atoms with van der Waals surface area (Å²) >= 11 is 5.24. The Morgan fingerprint density at radius 3 is 2.74 bits per heavy atom. The van der Waals surface area contributed by atoms with Crippen LogP contribution in [0.3, 0.4) is 0 Å². The van der Waals surface area contributed by atoms with Gasteiger partial charge in [-0.3, -0.25) is 4.79 Å². The van der Waals surface area contributed by atoms with Crippen LogP contribution in [0.1, 0.15) is 19.3 Å². The quantitative estimate of drug-likeness (QED) is 0.844. The number of rotatable bonds is 2. The topological polar surface area (TPSA) is 41.6 Å². The van der Waals surface area contributed by atoms with Gasteiger partial charge in [-0.05, 0) is 31.4 Å². The highest BCUT2D eigenvalue weighted by Crippen LogP contribution is 2.17. The monoisotopic (exact) mass is 278 g/mol. The zero-order valence-electron chi connectivity index (χ0n) is 11.0. The molecule has 19 heavy (non-hydrogen) atoms. The van der Waals surface area contributed by atoms with E-state index in [0.717, 1.165) is 25.9 Å². The van der Waals surface area contributed by atoms with Gasteiger partial charge in [-0.15, -0.1) is 0 Å². The minimum atomic E-state index is -0.217. The van der Waals surface area contributed by atoms with Crippen molar-refractivity contribution in [3.63, 3.8) is 0 Å². The van der Waals surface area contributed by atoms with Crippen molar-refractivity contribution in [3.8, 4) is 5.75 Å². The van der Waals surface area contributed by atoms with Crippen LogP contribution in [0.5, 0.6) is 5.75 Å². The molecule has 1 aliphatic rings. The predicted octanol–water partition coefficient (Wildman–Crippen LogP) is 2.45. The SMILES string of the molecule is COc1cccc(NC(=O)C(=S)N2CCCCC2)c1. The molecule has 1 amide bonds. The average molecular weight is 278 g/mol. The number of likely N-dealkylation sites (tertiary alicyclic amines) is 1. The number of piperidine rings is 1. The van der Waals surface area contributed by atoms with E-state index in [0.29, 0.717) is 16.4 Å². The first-order valence-electron chi connectivity index (χ1n) is 6.45. The molecule has 0 spiro atoms. The second kappa shape index (κ2) is 6.52. The van der Waals surface area contributed by atoms with Gasteiger partial charge in [0.2, 0.25) is 0 Å². The highest BCUT2D eigenvalue weighted by Gasteiger charge is 2.19. The molecule has 1 fully saturated rings. The third-order valence-corrected chi connectivity index (χ3v) is 3.61. The van der Waals surface area contributed by atoms with Gasteiger partial charge in [-0.25, -0.2) is 0 Å². The van der Waals surface area contributed by atoms with Gasteiger partial charge in [0.1, 0.15) is 5.75 Å². The Labute approximate surface area is 118 Å². The van der Waals surface area contributed by atoms with Crippen LogP contribution in [0.25, 0.3) is 0 Å². The minimum absolute atomic E-state index is 0.217. The first-order chi connectivity index (χ1) is 9.20. The zero-order chi connectivity index (χ0) is 13.7. The van der Waals surface area contributed by atoms with Crippen LogP contribution in [0.15, 0.2) is 24.3 Å². The lowest BCUT2D eigenvalue weighted by atomic mass is 10.1. The third kappa shape index (κ3) is 3.67. The van der Waals surface area contributed by atoms with Crippen LogP contribution in [0.2, 0.25) is 0 Å². The highest BCUT2D eigenvalue weighted by atomic mass is 32.1. The van der Waals surface area contributed by atoms with E-state index in [1.807, 2.05) is 23.1 Å². The van der Waals surface area contributed by atoms with E-state index < -0.39 is 0 Å². The number of nitrogens with zero attached hydrogens (tertiary/aromatic N) is 1. The van der Waals surface area contributed by atoms with Gasteiger partial charge >= 0.3 is 0 Å². The largest absolute Gasteiger partial charge is 0.497 e. The molecule has 1 N–H and O–H groups in total. The molecule has 1 heterocycles. The summed E-state index contributed by atoms with van der Waals surface area (Å²) in [6, 6.07) is 7.26. The Balaban J connectivity index is 1.97. The Morgan fingerprint density at radius 1 is 1.32 bits per heavy atom. The van der Waals surface area contributed by atoms with Crippen molar-refractivity contribution < 1.29 is 9.53 Å². The summed E-state index contributed by atoms with van der Waals surface area (Å²) in [5, 5.41) is 2.81. The first kappa shape index (κ1) is 13.8. The summed E-state index contributed by atoms with van der Waals surface area (Å²) in [5.74, 6) is 0.492. The Bertz CT molecular complexity index is 470. The van der Waals surface area contributed by atoms with E-state index in [9.17, 15) is 4.79 Å². The van der Waals surface area contributed by atoms with Crippen molar-refractivity contribution >= 4 is 28.8 Å². The lowest BCUT2D eigenvalue weighted by molar-refractivity contribution is -0.110. The molecule has 0 atom stereocenters. The van der Waals surface area contributed by atoms with Crippen molar-refractivity contribution in [2.24, 2.45) is 0 Å². The Morgan fingerprint density at radius 2 is 2.05 bits per heavy atom. The van der Waals surface area contributed by atoms with Crippen molar-refractivity contribution in [2.75, 3.05) is 25.5 Å². The molecule has 0 saturated carbocycles. The fourth-order valence-corrected chi connectivity index (χ4v) is 2.36. The van der Waals surface area contributed by atoms with E-state index in [4.69, 9.17) is 17.0 Å². The summed E-state index contributed by atoms with van der Waals surface area (Å²) in [6.45, 7) is 1.76. The summed E-state index contributed by atoms with van der Waals surface area (Å²) in [6.07, 6.45) is 3.43. The van der Waals surface area contributed by atoms with Gasteiger partial charge in [0.15, 0.2) is 4.99 Å². The van der Waals surface area contributed by atoms with Gasteiger partial charge in [0, 0.05) is 24.8 Å². The van der Waals surface area contributed by atoms with Crippen LogP contribution in [0, 0.1) is 0 Å². The standard InChI is InChI=1S/C14H18N2O2S/c1-18-12-7-5-6-11(10-12)15-13(17)14(19)16-8-3-2-4-9-16/h5-7,10H,2-4,8-9H2,1H3,(H,15,17). The van der Waals surface area contributed by atoms with E-state index in [1.54, 1.807) is 13.2 Å². The molecular formula is C14H18N2O2S. The van der Waals surface area contributed by atoms with E-state index in [1.165, 1.54) is 6.42 Å². The summed E-state index contributed by atoms with van der Waals surface area (Å²) in [7, 11) is 1.60. The summed E-state index contributed by atoms with van der Waals surface area (Å²) in [5.41, 5.74) is 0.698. The molecule has 5 heteroatoms. The van der Waals surface area contributed by atoms with Crippen LogP contribution in [-0.4, -0.2) is 36.0 Å². The maximum absolute atomic E-state index is 12.1. The molecular weight excluding hydrogens is 260 g/mol. The molecule has 1 aromatic rings. The average Bonchev–Trinajstić information content (AvgIpc) is 2.47. The van der Waals surface area contributed by atoms with Gasteiger partial charge < -0.3 is 15.0 Å². The number of methoxy groups -OCH3 is 1. The number of hydrogen-bond acceptors (Lipinski definition) is 3. The maximum atomic E-state index is 12.1. The lowest BCUT2D eigenvalue weighted by Crippen LogP contribution is -2.41. The minimum Gasteiger partial charge on any atom is -0.497 e. The molecule has 0 unspecified atom stereocenters. The molecule has 1 aromatic carbocycles. The van der Waals surface area contributed by atoms with Crippen LogP contribution >= 0.6 is 12.2 Å². The molecule has 0 radical (unpaired) electrons. The summed E-state index contributed by atoms with van der Waals surface area (Å²) in [4.78, 5) is 14.4. The third-order valence-electron chi connectivity index (χ3n) is 3.17. The number of carbonyl (C=O) groups is 1. The van der Waals surface area contributed by atoms with E-state index >= 15 is 0 Å². The number of ether oxygens (including phenoxy) is 1. The number of nitrogens with one attached hydrogen (secondary N) is 1. The normalized spacial score (nSPS) is 14.9. The zero-order valence-corrected chi connectivity index (χ0v) is 11.8. The van der Waals surface area contributed by atoms with Crippen LogP contribution in [-0.2, 0) is 4.79 Å². The molecule has 0 aromatic heterocycles. The van der Waals surface area contributed by atoms with Gasteiger partial charge in [0.05, 0.1) is 7.11 Å². The number of carbonyl (C=O) groups excluding carboxylic acids is 1. The number of anilines is 1. The predicted molar refractivity (Wildman–Crippen MR) is 79.6 cm³/mol. The maximum Gasteiger partial charge on any atom is 0.283 e. The van der Waals surface area contributed by atoms with Crippen LogP contribution < -0.4 is 10.1 Å². The Kier molecular flexibility index (Phi) is 4.74. The van der Waals surface area contributed by atoms with Crippen LogP contribution in [0.4, 0.5) is 5.69 Å². The molecule has 102 valence electrons. The second-order valence-electron chi connectivity index (χ2n) is 4.54. The van der Waals surface area contributed by atoms with Gasteiger partial charge in [-0.2, -0.15) is 0 Å². The first-order valence-corrected chi connectivity index (χ1v) is 6.86. The molecule has 0 aliphatic carbocycles. The molecule has 1 aliphatic heterocycles. The lowest BCUT2D eigenvalue weighted by Gasteiger charge is -2.28. The number of benzene rings is 1. The number of amides is 1. The smallest absolute Gasteiger partial charge is 0.283 e. The number of thiocarbonyl (C=S) groups is 1. The Hall–Kier alpha value is -1.62. The van der Waals surface area contributed by atoms with Gasteiger partial charge in [-0.1, -0.05) is 18.3 Å². The fraction of sp³-hybridized carbons (Fsp3) is 0.429. The molecule has 0 bridgehead atoms. The fourth-order valence-electron chi connectivity index (χ4n) is 2.13. The van der Waals surface area contributed by atoms with Crippen molar-refractivity contribution in [1.29, 1.82) is 0 Å². The molecule has 4 nitrogen and oxygen atoms in total. The van der Waals surface area contributed by atoms with Crippen molar-refractivity contribution in [1.82, 2.24) is 4.90 Å². The van der Waals surface area contributed by atoms with E-state index in [2.05, 4.69) is 5.32 Å². The molecule has 2 rings (SSSR count).